The molecule has 2 aliphatic rings. The van der Waals surface area contributed by atoms with E-state index in [1.807, 2.05) is 0 Å². The van der Waals surface area contributed by atoms with E-state index >= 15 is 0 Å². The summed E-state index contributed by atoms with van der Waals surface area (Å²) in [6.45, 7) is 6.24. The molecule has 98 valence electrons. The maximum absolute atomic E-state index is 12.2. The van der Waals surface area contributed by atoms with Crippen LogP contribution in [0.3, 0.4) is 0 Å². The number of nitrogens with two attached hydrogens (primary N) is 1. The van der Waals surface area contributed by atoms with Crippen molar-refractivity contribution in [2.45, 2.75) is 52.0 Å². The first-order chi connectivity index (χ1) is 8.15. The van der Waals surface area contributed by atoms with Gasteiger partial charge in [-0.2, -0.15) is 0 Å². The normalized spacial score (nSPS) is 32.2. The summed E-state index contributed by atoms with van der Waals surface area (Å²) >= 11 is 0. The van der Waals surface area contributed by atoms with Crippen LogP contribution in [0.25, 0.3) is 0 Å². The first kappa shape index (κ1) is 12.9. The molecule has 0 aromatic heterocycles. The van der Waals surface area contributed by atoms with Gasteiger partial charge in [0.15, 0.2) is 0 Å². The molecule has 0 radical (unpaired) electrons. The Morgan fingerprint density at radius 1 is 1.29 bits per heavy atom. The lowest BCUT2D eigenvalue weighted by Crippen LogP contribution is -2.34. The lowest BCUT2D eigenvalue weighted by molar-refractivity contribution is -0.131. The molecule has 2 fully saturated rings. The lowest BCUT2D eigenvalue weighted by atomic mass is 9.98. The van der Waals surface area contributed by atoms with Crippen molar-refractivity contribution in [3.8, 4) is 0 Å². The molecule has 0 aromatic carbocycles. The summed E-state index contributed by atoms with van der Waals surface area (Å²) in [5.74, 6) is 2.20. The highest BCUT2D eigenvalue weighted by molar-refractivity contribution is 5.76. The summed E-state index contributed by atoms with van der Waals surface area (Å²) in [5.41, 5.74) is 6.10. The summed E-state index contributed by atoms with van der Waals surface area (Å²) < 4.78 is 0. The van der Waals surface area contributed by atoms with Gasteiger partial charge in [-0.05, 0) is 30.6 Å². The highest BCUT2D eigenvalue weighted by Crippen LogP contribution is 2.37. The fraction of sp³-hybridized carbons (Fsp3) is 0.929. The molecule has 3 nitrogen and oxygen atoms in total. The monoisotopic (exact) mass is 238 g/mol. The number of rotatable bonds is 4. The van der Waals surface area contributed by atoms with Gasteiger partial charge in [0.05, 0.1) is 0 Å². The SMILES string of the molecule is CCC(CC)CC(=O)N1CC2CCC(N)C2C1. The second kappa shape index (κ2) is 5.38. The van der Waals surface area contributed by atoms with Gasteiger partial charge in [0, 0.05) is 25.6 Å². The summed E-state index contributed by atoms with van der Waals surface area (Å²) in [5, 5.41) is 0. The molecule has 3 atom stereocenters. The Hall–Kier alpha value is -0.570. The number of fused-ring (bicyclic) bond motifs is 1. The molecule has 0 bridgehead atoms. The first-order valence-electron chi connectivity index (χ1n) is 7.19. The molecule has 1 saturated carbocycles. The Balaban J connectivity index is 1.86. The largest absolute Gasteiger partial charge is 0.342 e. The molecular formula is C14H26N2O. The standard InChI is InChI=1S/C14H26N2O/c1-3-10(4-2)7-14(17)16-8-11-5-6-13(15)12(11)9-16/h10-13H,3-9,15H2,1-2H3. The van der Waals surface area contributed by atoms with Gasteiger partial charge >= 0.3 is 0 Å². The molecular weight excluding hydrogens is 212 g/mol. The lowest BCUT2D eigenvalue weighted by Gasteiger charge is -2.21. The first-order valence-corrected chi connectivity index (χ1v) is 7.19. The topological polar surface area (TPSA) is 46.3 Å². The van der Waals surface area contributed by atoms with E-state index < -0.39 is 0 Å². The van der Waals surface area contributed by atoms with Crippen molar-refractivity contribution in [2.24, 2.45) is 23.5 Å². The highest BCUT2D eigenvalue weighted by Gasteiger charge is 2.42. The van der Waals surface area contributed by atoms with Crippen LogP contribution in [0.15, 0.2) is 0 Å². The van der Waals surface area contributed by atoms with E-state index in [1.165, 1.54) is 6.42 Å². The van der Waals surface area contributed by atoms with Crippen LogP contribution in [0, 0.1) is 17.8 Å². The second-order valence-electron chi connectivity index (χ2n) is 5.85. The van der Waals surface area contributed by atoms with Crippen LogP contribution in [-0.2, 0) is 4.79 Å². The van der Waals surface area contributed by atoms with Crippen LogP contribution in [0.5, 0.6) is 0 Å². The molecule has 1 aliphatic heterocycles. The third kappa shape index (κ3) is 2.65. The van der Waals surface area contributed by atoms with Gasteiger partial charge < -0.3 is 10.6 Å². The van der Waals surface area contributed by atoms with E-state index in [9.17, 15) is 4.79 Å². The summed E-state index contributed by atoms with van der Waals surface area (Å²) in [6.07, 6.45) is 5.34. The average molecular weight is 238 g/mol. The van der Waals surface area contributed by atoms with E-state index in [2.05, 4.69) is 18.7 Å². The van der Waals surface area contributed by atoms with Gasteiger partial charge in [-0.25, -0.2) is 0 Å². The van der Waals surface area contributed by atoms with Crippen LogP contribution in [0.1, 0.15) is 46.0 Å². The van der Waals surface area contributed by atoms with Gasteiger partial charge in [-0.3, -0.25) is 4.79 Å². The van der Waals surface area contributed by atoms with E-state index in [1.54, 1.807) is 0 Å². The van der Waals surface area contributed by atoms with E-state index in [0.717, 1.165) is 38.8 Å². The molecule has 3 unspecified atom stereocenters. The number of likely N-dealkylation sites (tertiary alicyclic amines) is 1. The van der Waals surface area contributed by atoms with Crippen LogP contribution >= 0.6 is 0 Å². The minimum absolute atomic E-state index is 0.339. The molecule has 3 heteroatoms. The van der Waals surface area contributed by atoms with Crippen molar-refractivity contribution >= 4 is 5.91 Å². The van der Waals surface area contributed by atoms with Crippen LogP contribution in [-0.4, -0.2) is 29.9 Å². The van der Waals surface area contributed by atoms with Crippen molar-refractivity contribution in [3.63, 3.8) is 0 Å². The Labute approximate surface area is 105 Å². The number of carbonyl (C=O) groups excluding carboxylic acids is 1. The minimum atomic E-state index is 0.339. The summed E-state index contributed by atoms with van der Waals surface area (Å²) in [4.78, 5) is 14.3. The summed E-state index contributed by atoms with van der Waals surface area (Å²) in [6, 6.07) is 0.339. The molecule has 1 heterocycles. The van der Waals surface area contributed by atoms with Crippen molar-refractivity contribution in [1.82, 2.24) is 4.90 Å². The van der Waals surface area contributed by atoms with Gasteiger partial charge in [-0.1, -0.05) is 26.7 Å². The highest BCUT2D eigenvalue weighted by atomic mass is 16.2. The number of nitrogens with zero attached hydrogens (tertiary/aromatic N) is 1. The average Bonchev–Trinajstić information content (AvgIpc) is 2.89. The quantitative estimate of drug-likeness (QED) is 0.814. The predicted molar refractivity (Wildman–Crippen MR) is 69.5 cm³/mol. The number of hydrogen-bond donors (Lipinski definition) is 1. The van der Waals surface area contributed by atoms with Crippen LogP contribution < -0.4 is 5.73 Å². The smallest absolute Gasteiger partial charge is 0.222 e. The van der Waals surface area contributed by atoms with Gasteiger partial charge in [0.25, 0.3) is 0 Å². The maximum Gasteiger partial charge on any atom is 0.222 e. The van der Waals surface area contributed by atoms with Crippen LogP contribution in [0.4, 0.5) is 0 Å². The Bertz CT molecular complexity index is 275. The zero-order valence-electron chi connectivity index (χ0n) is 11.2. The van der Waals surface area contributed by atoms with Gasteiger partial charge in [0.1, 0.15) is 0 Å². The molecule has 0 aromatic rings. The fourth-order valence-electron chi connectivity index (χ4n) is 3.46. The van der Waals surface area contributed by atoms with Crippen molar-refractivity contribution in [3.05, 3.63) is 0 Å². The number of amides is 1. The third-order valence-electron chi connectivity index (χ3n) is 4.88. The Morgan fingerprint density at radius 2 is 2.00 bits per heavy atom. The molecule has 2 N–H and O–H groups in total. The molecule has 17 heavy (non-hydrogen) atoms. The minimum Gasteiger partial charge on any atom is -0.342 e. The van der Waals surface area contributed by atoms with Crippen LogP contribution in [0.2, 0.25) is 0 Å². The third-order valence-corrected chi connectivity index (χ3v) is 4.88. The van der Waals surface area contributed by atoms with Crippen molar-refractivity contribution < 1.29 is 4.79 Å². The maximum atomic E-state index is 12.2. The predicted octanol–water partition coefficient (Wildman–Crippen LogP) is 2.01. The van der Waals surface area contributed by atoms with Crippen molar-refractivity contribution in [2.75, 3.05) is 13.1 Å². The zero-order chi connectivity index (χ0) is 12.4. The number of carbonyl (C=O) groups is 1. The molecule has 1 amide bonds. The van der Waals surface area contributed by atoms with Crippen molar-refractivity contribution in [1.29, 1.82) is 0 Å². The Kier molecular flexibility index (Phi) is 4.08. The van der Waals surface area contributed by atoms with E-state index in [4.69, 9.17) is 5.73 Å². The molecule has 0 spiro atoms. The molecule has 1 aliphatic carbocycles. The number of hydrogen-bond acceptors (Lipinski definition) is 2. The van der Waals surface area contributed by atoms with Gasteiger partial charge in [0.2, 0.25) is 5.91 Å². The fourth-order valence-corrected chi connectivity index (χ4v) is 3.46. The van der Waals surface area contributed by atoms with E-state index in [-0.39, 0.29) is 0 Å². The molecule has 1 saturated heterocycles. The molecule has 2 rings (SSSR count). The van der Waals surface area contributed by atoms with E-state index in [0.29, 0.717) is 29.7 Å². The Morgan fingerprint density at radius 3 is 2.59 bits per heavy atom. The second-order valence-corrected chi connectivity index (χ2v) is 5.85. The summed E-state index contributed by atoms with van der Waals surface area (Å²) in [7, 11) is 0. The zero-order valence-corrected chi connectivity index (χ0v) is 11.2. The van der Waals surface area contributed by atoms with Gasteiger partial charge in [-0.15, -0.1) is 0 Å².